The highest BCUT2D eigenvalue weighted by atomic mass is 16.5. The molecule has 138 valence electrons. The van der Waals surface area contributed by atoms with Crippen molar-refractivity contribution in [2.45, 2.75) is 33.8 Å². The van der Waals surface area contributed by atoms with Crippen molar-refractivity contribution in [1.82, 2.24) is 5.32 Å². The van der Waals surface area contributed by atoms with Gasteiger partial charge in [0.05, 0.1) is 5.76 Å². The summed E-state index contributed by atoms with van der Waals surface area (Å²) in [6.45, 7) is 15.9. The van der Waals surface area contributed by atoms with Gasteiger partial charge in [-0.1, -0.05) is 49.1 Å². The van der Waals surface area contributed by atoms with Crippen molar-refractivity contribution in [1.29, 1.82) is 0 Å². The summed E-state index contributed by atoms with van der Waals surface area (Å²) in [5, 5.41) is 2.60. The van der Waals surface area contributed by atoms with Gasteiger partial charge in [-0.25, -0.2) is 0 Å². The number of ether oxygens (including phenoxy) is 2. The van der Waals surface area contributed by atoms with Gasteiger partial charge < -0.3 is 14.8 Å². The van der Waals surface area contributed by atoms with E-state index in [1.807, 2.05) is 58.1 Å². The van der Waals surface area contributed by atoms with Crippen molar-refractivity contribution in [3.8, 4) is 0 Å². The minimum absolute atomic E-state index is 0.229. The fourth-order valence-electron chi connectivity index (χ4n) is 1.87. The SMILES string of the molecule is C=C(C)/C=C\C(C)=C(/C)OCC(=C)/C(=C\C=C/C)C(OC)C(=O)NC. The second-order valence-electron chi connectivity index (χ2n) is 5.69. The largest absolute Gasteiger partial charge is 0.493 e. The van der Waals surface area contributed by atoms with E-state index >= 15 is 0 Å². The van der Waals surface area contributed by atoms with Crippen molar-refractivity contribution >= 4 is 5.91 Å². The van der Waals surface area contributed by atoms with Gasteiger partial charge in [-0.3, -0.25) is 4.79 Å². The van der Waals surface area contributed by atoms with Crippen LogP contribution in [0.3, 0.4) is 0 Å². The first kappa shape index (κ1) is 22.7. The lowest BCUT2D eigenvalue weighted by Crippen LogP contribution is -2.35. The van der Waals surface area contributed by atoms with Crippen LogP contribution in [-0.4, -0.2) is 32.8 Å². The Hall–Kier alpha value is -2.33. The Bertz CT molecular complexity index is 607. The summed E-state index contributed by atoms with van der Waals surface area (Å²) < 4.78 is 11.2. The summed E-state index contributed by atoms with van der Waals surface area (Å²) >= 11 is 0. The third kappa shape index (κ3) is 8.36. The van der Waals surface area contributed by atoms with Crippen LogP contribution in [0.5, 0.6) is 0 Å². The lowest BCUT2D eigenvalue weighted by molar-refractivity contribution is -0.128. The molecule has 1 unspecified atom stereocenters. The fraction of sp³-hybridized carbons (Fsp3) is 0.381. The summed E-state index contributed by atoms with van der Waals surface area (Å²) in [6.07, 6.45) is 8.70. The number of amides is 1. The minimum Gasteiger partial charge on any atom is -0.493 e. The van der Waals surface area contributed by atoms with Crippen LogP contribution in [0.25, 0.3) is 0 Å². The monoisotopic (exact) mass is 345 g/mol. The molecule has 0 spiro atoms. The van der Waals surface area contributed by atoms with Gasteiger partial charge in [-0.15, -0.1) is 0 Å². The average molecular weight is 345 g/mol. The van der Waals surface area contributed by atoms with Crippen molar-refractivity contribution in [3.63, 3.8) is 0 Å². The molecule has 0 heterocycles. The van der Waals surface area contributed by atoms with Crippen LogP contribution < -0.4 is 5.32 Å². The molecular formula is C21H31NO3. The molecule has 0 radical (unpaired) electrons. The number of allylic oxidation sites excluding steroid dienone is 8. The molecule has 0 fully saturated rings. The van der Waals surface area contributed by atoms with Gasteiger partial charge in [0.1, 0.15) is 6.61 Å². The van der Waals surface area contributed by atoms with Crippen LogP contribution in [-0.2, 0) is 14.3 Å². The Labute approximate surface area is 152 Å². The van der Waals surface area contributed by atoms with Crippen LogP contribution in [0.4, 0.5) is 0 Å². The van der Waals surface area contributed by atoms with Crippen LogP contribution in [0.1, 0.15) is 27.7 Å². The molecule has 25 heavy (non-hydrogen) atoms. The number of carbonyl (C=O) groups excluding carboxylic acids is 1. The summed E-state index contributed by atoms with van der Waals surface area (Å²) in [5.41, 5.74) is 3.35. The van der Waals surface area contributed by atoms with Gasteiger partial charge in [-0.2, -0.15) is 0 Å². The Balaban J connectivity index is 5.27. The van der Waals surface area contributed by atoms with Gasteiger partial charge >= 0.3 is 0 Å². The van der Waals surface area contributed by atoms with E-state index in [9.17, 15) is 4.79 Å². The second-order valence-corrected chi connectivity index (χ2v) is 5.69. The third-order valence-corrected chi connectivity index (χ3v) is 3.52. The molecular weight excluding hydrogens is 314 g/mol. The maximum absolute atomic E-state index is 12.0. The van der Waals surface area contributed by atoms with Gasteiger partial charge in [-0.05, 0) is 44.4 Å². The van der Waals surface area contributed by atoms with Crippen LogP contribution in [0, 0.1) is 0 Å². The minimum atomic E-state index is -0.731. The van der Waals surface area contributed by atoms with E-state index in [-0.39, 0.29) is 12.5 Å². The van der Waals surface area contributed by atoms with Crippen LogP contribution >= 0.6 is 0 Å². The first-order valence-electron chi connectivity index (χ1n) is 8.17. The quantitative estimate of drug-likeness (QED) is 0.476. The van der Waals surface area contributed by atoms with E-state index in [4.69, 9.17) is 9.47 Å². The van der Waals surface area contributed by atoms with Crippen molar-refractivity contribution in [2.24, 2.45) is 0 Å². The number of rotatable bonds is 10. The van der Waals surface area contributed by atoms with E-state index in [1.54, 1.807) is 7.05 Å². The molecule has 0 aromatic carbocycles. The molecule has 1 atom stereocenters. The van der Waals surface area contributed by atoms with Gasteiger partial charge in [0.2, 0.25) is 0 Å². The Morgan fingerprint density at radius 3 is 2.32 bits per heavy atom. The molecule has 0 rings (SSSR count). The van der Waals surface area contributed by atoms with Crippen LogP contribution in [0.15, 0.2) is 71.6 Å². The Morgan fingerprint density at radius 2 is 1.84 bits per heavy atom. The lowest BCUT2D eigenvalue weighted by atomic mass is 10.0. The molecule has 4 heteroatoms. The third-order valence-electron chi connectivity index (χ3n) is 3.52. The smallest absolute Gasteiger partial charge is 0.253 e. The van der Waals surface area contributed by atoms with Gasteiger partial charge in [0, 0.05) is 14.2 Å². The topological polar surface area (TPSA) is 47.6 Å². The molecule has 4 nitrogen and oxygen atoms in total. The highest BCUT2D eigenvalue weighted by molar-refractivity contribution is 5.85. The number of methoxy groups -OCH3 is 1. The highest BCUT2D eigenvalue weighted by Gasteiger charge is 2.23. The standard InChI is InChI=1S/C21H31NO3/c1-9-10-11-19(20(24-8)21(23)22-7)17(5)14-25-18(6)16(4)13-12-15(2)3/h9-13,20H,2,5,14H2,1,3-4,6-8H3,(H,22,23)/b10-9-,13-12-,18-16+,19-11+. The first-order chi connectivity index (χ1) is 11.8. The molecule has 0 aliphatic rings. The van der Waals surface area contributed by atoms with Gasteiger partial charge in [0.15, 0.2) is 6.10 Å². The molecule has 1 amide bonds. The molecule has 0 aliphatic heterocycles. The van der Waals surface area contributed by atoms with Crippen LogP contribution in [0.2, 0.25) is 0 Å². The number of likely N-dealkylation sites (N-methyl/N-ethyl adjacent to an activating group) is 1. The number of hydrogen-bond acceptors (Lipinski definition) is 3. The first-order valence-corrected chi connectivity index (χ1v) is 8.17. The van der Waals surface area contributed by atoms with E-state index in [0.29, 0.717) is 11.1 Å². The summed E-state index contributed by atoms with van der Waals surface area (Å²) in [7, 11) is 3.07. The van der Waals surface area contributed by atoms with Crippen molar-refractivity contribution < 1.29 is 14.3 Å². The van der Waals surface area contributed by atoms with Crippen molar-refractivity contribution in [3.05, 3.63) is 71.6 Å². The zero-order valence-corrected chi connectivity index (χ0v) is 16.3. The molecule has 0 saturated heterocycles. The number of carbonyl (C=O) groups is 1. The maximum Gasteiger partial charge on any atom is 0.253 e. The Kier molecular flexibility index (Phi) is 11.0. The zero-order chi connectivity index (χ0) is 19.4. The summed E-state index contributed by atoms with van der Waals surface area (Å²) in [5.74, 6) is 0.560. The van der Waals surface area contributed by atoms with E-state index in [0.717, 1.165) is 16.9 Å². The van der Waals surface area contributed by atoms with Gasteiger partial charge in [0.25, 0.3) is 5.91 Å². The summed E-state index contributed by atoms with van der Waals surface area (Å²) in [4.78, 5) is 12.0. The predicted octanol–water partition coefficient (Wildman–Crippen LogP) is 4.25. The number of nitrogens with one attached hydrogen (secondary N) is 1. The fourth-order valence-corrected chi connectivity index (χ4v) is 1.87. The van der Waals surface area contributed by atoms with E-state index in [2.05, 4.69) is 18.5 Å². The molecule has 0 aromatic heterocycles. The molecule has 0 bridgehead atoms. The number of hydrogen-bond donors (Lipinski definition) is 1. The average Bonchev–Trinajstić information content (AvgIpc) is 2.59. The van der Waals surface area contributed by atoms with E-state index < -0.39 is 6.10 Å². The maximum atomic E-state index is 12.0. The van der Waals surface area contributed by atoms with E-state index in [1.165, 1.54) is 7.11 Å². The predicted molar refractivity (Wildman–Crippen MR) is 105 cm³/mol. The second kappa shape index (κ2) is 12.1. The summed E-state index contributed by atoms with van der Waals surface area (Å²) in [6, 6.07) is 0. The zero-order valence-electron chi connectivity index (χ0n) is 16.3. The molecule has 0 aliphatic carbocycles. The lowest BCUT2D eigenvalue weighted by Gasteiger charge is -2.20. The Morgan fingerprint density at radius 1 is 1.20 bits per heavy atom. The normalized spacial score (nSPS) is 14.4. The molecule has 1 N–H and O–H groups in total. The van der Waals surface area contributed by atoms with Crippen molar-refractivity contribution in [2.75, 3.05) is 20.8 Å². The highest BCUT2D eigenvalue weighted by Crippen LogP contribution is 2.19. The molecule has 0 aromatic rings. The molecule has 0 saturated carbocycles.